The zero-order valence-electron chi connectivity index (χ0n) is 13.4. The fourth-order valence-corrected chi connectivity index (χ4v) is 2.64. The van der Waals surface area contributed by atoms with Crippen molar-refractivity contribution in [3.8, 4) is 0 Å². The molecule has 1 aliphatic heterocycles. The van der Waals surface area contributed by atoms with Crippen LogP contribution in [0.2, 0.25) is 5.02 Å². The standard InChI is InChI=1S/C18H17ClN4O2/c19-13-4-5-15(22-17(24)12-6-9-20-10-7-12)14(11-13)18(25)23-16-3-1-2-8-21-16/h1-6,8,11,20H,7,9-10H2,(H,22,24)(H,21,23,25). The third-order valence-electron chi connectivity index (χ3n) is 3.74. The number of rotatable bonds is 4. The van der Waals surface area contributed by atoms with E-state index < -0.39 is 5.91 Å². The summed E-state index contributed by atoms with van der Waals surface area (Å²) in [5.41, 5.74) is 1.38. The van der Waals surface area contributed by atoms with Gasteiger partial charge in [0.2, 0.25) is 0 Å². The first kappa shape index (κ1) is 17.1. The van der Waals surface area contributed by atoms with Crippen molar-refractivity contribution in [2.45, 2.75) is 6.42 Å². The number of carbonyl (C=O) groups is 2. The molecule has 0 aliphatic carbocycles. The zero-order valence-corrected chi connectivity index (χ0v) is 14.1. The van der Waals surface area contributed by atoms with Crippen molar-refractivity contribution in [3.05, 3.63) is 64.8 Å². The van der Waals surface area contributed by atoms with Gasteiger partial charge in [0.05, 0.1) is 11.3 Å². The van der Waals surface area contributed by atoms with E-state index >= 15 is 0 Å². The van der Waals surface area contributed by atoms with E-state index in [9.17, 15) is 9.59 Å². The van der Waals surface area contributed by atoms with Crippen LogP contribution in [0.25, 0.3) is 0 Å². The molecule has 0 unspecified atom stereocenters. The van der Waals surface area contributed by atoms with Crippen LogP contribution >= 0.6 is 11.6 Å². The first-order valence-corrected chi connectivity index (χ1v) is 8.24. The van der Waals surface area contributed by atoms with Gasteiger partial charge in [-0.25, -0.2) is 4.98 Å². The molecule has 0 bridgehead atoms. The van der Waals surface area contributed by atoms with Crippen LogP contribution in [0.4, 0.5) is 11.5 Å². The minimum Gasteiger partial charge on any atom is -0.322 e. The monoisotopic (exact) mass is 356 g/mol. The van der Waals surface area contributed by atoms with Gasteiger partial charge in [0.1, 0.15) is 5.82 Å². The average molecular weight is 357 g/mol. The number of hydrogen-bond acceptors (Lipinski definition) is 4. The summed E-state index contributed by atoms with van der Waals surface area (Å²) < 4.78 is 0. The topological polar surface area (TPSA) is 83.1 Å². The highest BCUT2D eigenvalue weighted by Crippen LogP contribution is 2.23. The van der Waals surface area contributed by atoms with Gasteiger partial charge >= 0.3 is 0 Å². The molecule has 0 spiro atoms. The third-order valence-corrected chi connectivity index (χ3v) is 3.97. The van der Waals surface area contributed by atoms with Gasteiger partial charge in [-0.2, -0.15) is 0 Å². The van der Waals surface area contributed by atoms with E-state index in [1.807, 2.05) is 6.08 Å². The van der Waals surface area contributed by atoms with Crippen LogP contribution in [0, 0.1) is 0 Å². The lowest BCUT2D eigenvalue weighted by Gasteiger charge is -2.16. The number of anilines is 2. The highest BCUT2D eigenvalue weighted by atomic mass is 35.5. The van der Waals surface area contributed by atoms with Gasteiger partial charge in [-0.3, -0.25) is 9.59 Å². The van der Waals surface area contributed by atoms with Crippen molar-refractivity contribution in [3.63, 3.8) is 0 Å². The van der Waals surface area contributed by atoms with E-state index in [-0.39, 0.29) is 11.5 Å². The Balaban J connectivity index is 1.81. The molecule has 0 fully saturated rings. The average Bonchev–Trinajstić information content (AvgIpc) is 2.64. The second kappa shape index (κ2) is 7.92. The number of pyridine rings is 1. The fraction of sp³-hybridized carbons (Fsp3) is 0.167. The molecular weight excluding hydrogens is 340 g/mol. The number of hydrogen-bond donors (Lipinski definition) is 3. The Labute approximate surface area is 150 Å². The Morgan fingerprint density at radius 1 is 1.12 bits per heavy atom. The predicted molar refractivity (Wildman–Crippen MR) is 97.8 cm³/mol. The molecular formula is C18H17ClN4O2. The molecule has 3 N–H and O–H groups in total. The van der Waals surface area contributed by atoms with Crippen LogP contribution in [0.5, 0.6) is 0 Å². The minimum atomic E-state index is -0.393. The van der Waals surface area contributed by atoms with Gasteiger partial charge in [0.15, 0.2) is 0 Å². The molecule has 7 heteroatoms. The summed E-state index contributed by atoms with van der Waals surface area (Å²) >= 11 is 6.02. The predicted octanol–water partition coefficient (Wildman–Crippen LogP) is 2.85. The van der Waals surface area contributed by atoms with Crippen molar-refractivity contribution in [2.75, 3.05) is 23.7 Å². The van der Waals surface area contributed by atoms with E-state index in [1.165, 1.54) is 6.07 Å². The number of nitrogens with zero attached hydrogens (tertiary/aromatic N) is 1. The molecule has 0 radical (unpaired) electrons. The molecule has 2 heterocycles. The van der Waals surface area contributed by atoms with Gasteiger partial charge < -0.3 is 16.0 Å². The maximum absolute atomic E-state index is 12.6. The number of nitrogens with one attached hydrogen (secondary N) is 3. The molecule has 0 atom stereocenters. The van der Waals surface area contributed by atoms with E-state index in [2.05, 4.69) is 20.9 Å². The summed E-state index contributed by atoms with van der Waals surface area (Å²) in [6.07, 6.45) is 4.08. The third kappa shape index (κ3) is 4.43. The van der Waals surface area contributed by atoms with Crippen molar-refractivity contribution < 1.29 is 9.59 Å². The lowest BCUT2D eigenvalue weighted by atomic mass is 10.1. The van der Waals surface area contributed by atoms with Gasteiger partial charge in [-0.15, -0.1) is 0 Å². The van der Waals surface area contributed by atoms with Crippen molar-refractivity contribution in [1.82, 2.24) is 10.3 Å². The molecule has 1 aromatic carbocycles. The smallest absolute Gasteiger partial charge is 0.258 e. The molecule has 0 saturated carbocycles. The first-order valence-electron chi connectivity index (χ1n) is 7.86. The molecule has 0 saturated heterocycles. The fourth-order valence-electron chi connectivity index (χ4n) is 2.47. The van der Waals surface area contributed by atoms with Crippen LogP contribution in [0.3, 0.4) is 0 Å². The van der Waals surface area contributed by atoms with Crippen LogP contribution in [-0.4, -0.2) is 29.9 Å². The summed E-state index contributed by atoms with van der Waals surface area (Å²) in [5, 5.41) is 9.05. The second-order valence-corrected chi connectivity index (χ2v) is 5.93. The Bertz CT molecular complexity index is 821. The number of carbonyl (C=O) groups excluding carboxylic acids is 2. The highest BCUT2D eigenvalue weighted by molar-refractivity contribution is 6.31. The molecule has 128 valence electrons. The minimum absolute atomic E-state index is 0.212. The Hall–Kier alpha value is -2.70. The second-order valence-electron chi connectivity index (χ2n) is 5.50. The normalized spacial score (nSPS) is 13.7. The van der Waals surface area contributed by atoms with Gasteiger partial charge in [-0.1, -0.05) is 23.7 Å². The van der Waals surface area contributed by atoms with Gasteiger partial charge in [-0.05, 0) is 43.3 Å². The van der Waals surface area contributed by atoms with Gasteiger partial charge in [0.25, 0.3) is 11.8 Å². The van der Waals surface area contributed by atoms with Crippen molar-refractivity contribution >= 4 is 34.9 Å². The SMILES string of the molecule is O=C(Nc1ccc(Cl)cc1C(=O)Nc1ccccn1)C1=CCNCC1. The van der Waals surface area contributed by atoms with Crippen LogP contribution in [0.15, 0.2) is 54.2 Å². The number of benzene rings is 1. The molecule has 1 aliphatic rings. The first-order chi connectivity index (χ1) is 12.1. The zero-order chi connectivity index (χ0) is 17.6. The van der Waals surface area contributed by atoms with E-state index in [1.54, 1.807) is 36.5 Å². The molecule has 6 nitrogen and oxygen atoms in total. The maximum atomic E-state index is 12.6. The summed E-state index contributed by atoms with van der Waals surface area (Å²) in [6.45, 7) is 1.42. The van der Waals surface area contributed by atoms with Crippen LogP contribution in [-0.2, 0) is 4.79 Å². The molecule has 2 amide bonds. The highest BCUT2D eigenvalue weighted by Gasteiger charge is 2.17. The Morgan fingerprint density at radius 3 is 2.72 bits per heavy atom. The lowest BCUT2D eigenvalue weighted by molar-refractivity contribution is -0.113. The summed E-state index contributed by atoms with van der Waals surface area (Å²) in [7, 11) is 0. The van der Waals surface area contributed by atoms with E-state index in [0.29, 0.717) is 35.1 Å². The number of amides is 2. The number of halogens is 1. The quantitative estimate of drug-likeness (QED) is 0.786. The summed E-state index contributed by atoms with van der Waals surface area (Å²) in [5.74, 6) is -0.183. The van der Waals surface area contributed by atoms with E-state index in [0.717, 1.165) is 6.54 Å². The molecule has 3 rings (SSSR count). The Morgan fingerprint density at radius 2 is 2.00 bits per heavy atom. The van der Waals surface area contributed by atoms with Gasteiger partial charge in [0, 0.05) is 23.3 Å². The summed E-state index contributed by atoms with van der Waals surface area (Å²) in [4.78, 5) is 29.0. The van der Waals surface area contributed by atoms with Crippen molar-refractivity contribution in [1.29, 1.82) is 0 Å². The van der Waals surface area contributed by atoms with Crippen molar-refractivity contribution in [2.24, 2.45) is 0 Å². The molecule has 2 aromatic rings. The lowest BCUT2D eigenvalue weighted by Crippen LogP contribution is -2.27. The Kier molecular flexibility index (Phi) is 5.42. The number of aromatic nitrogens is 1. The van der Waals surface area contributed by atoms with E-state index in [4.69, 9.17) is 11.6 Å². The molecule has 25 heavy (non-hydrogen) atoms. The molecule has 1 aromatic heterocycles. The largest absolute Gasteiger partial charge is 0.322 e. The maximum Gasteiger partial charge on any atom is 0.258 e. The van der Waals surface area contributed by atoms with Crippen LogP contribution in [0.1, 0.15) is 16.8 Å². The summed E-state index contributed by atoms with van der Waals surface area (Å²) in [6, 6.07) is 9.98. The van der Waals surface area contributed by atoms with Crippen LogP contribution < -0.4 is 16.0 Å².